The summed E-state index contributed by atoms with van der Waals surface area (Å²) in [5.74, 6) is 0.376. The molecule has 0 saturated heterocycles. The fraction of sp³-hybridized carbons (Fsp3) is 0.312. The van der Waals surface area contributed by atoms with Gasteiger partial charge in [0, 0.05) is 10.6 Å². The number of urea groups is 1. The van der Waals surface area contributed by atoms with Gasteiger partial charge in [-0.1, -0.05) is 38.1 Å². The SMILES string of the molecule is CC(C)c1ccccc1NC(=O)NC(C)c1cccs1. The van der Waals surface area contributed by atoms with E-state index in [0.717, 1.165) is 16.1 Å². The summed E-state index contributed by atoms with van der Waals surface area (Å²) in [4.78, 5) is 13.2. The molecule has 106 valence electrons. The summed E-state index contributed by atoms with van der Waals surface area (Å²) in [6, 6.07) is 11.8. The van der Waals surface area contributed by atoms with E-state index in [0.29, 0.717) is 5.92 Å². The lowest BCUT2D eigenvalue weighted by molar-refractivity contribution is 0.249. The maximum absolute atomic E-state index is 12.1. The minimum absolute atomic E-state index is 0.0150. The Hall–Kier alpha value is -1.81. The molecule has 0 aliphatic rings. The van der Waals surface area contributed by atoms with Crippen LogP contribution < -0.4 is 10.6 Å². The van der Waals surface area contributed by atoms with Gasteiger partial charge in [-0.15, -0.1) is 11.3 Å². The molecule has 1 heterocycles. The number of rotatable bonds is 4. The van der Waals surface area contributed by atoms with E-state index in [1.54, 1.807) is 11.3 Å². The summed E-state index contributed by atoms with van der Waals surface area (Å²) in [6.45, 7) is 6.22. The van der Waals surface area contributed by atoms with Crippen molar-refractivity contribution >= 4 is 23.1 Å². The van der Waals surface area contributed by atoms with Crippen molar-refractivity contribution in [3.05, 3.63) is 52.2 Å². The first-order valence-electron chi connectivity index (χ1n) is 6.77. The van der Waals surface area contributed by atoms with Gasteiger partial charge in [-0.05, 0) is 35.9 Å². The van der Waals surface area contributed by atoms with Crippen molar-refractivity contribution in [1.82, 2.24) is 5.32 Å². The van der Waals surface area contributed by atoms with Crippen LogP contribution in [0.4, 0.5) is 10.5 Å². The molecule has 1 aromatic carbocycles. The van der Waals surface area contributed by atoms with Crippen molar-refractivity contribution in [3.8, 4) is 0 Å². The van der Waals surface area contributed by atoms with E-state index in [1.165, 1.54) is 0 Å². The Morgan fingerprint density at radius 2 is 1.85 bits per heavy atom. The van der Waals surface area contributed by atoms with Crippen LogP contribution in [0.5, 0.6) is 0 Å². The number of hydrogen-bond acceptors (Lipinski definition) is 2. The Labute approximate surface area is 124 Å². The maximum atomic E-state index is 12.1. The highest BCUT2D eigenvalue weighted by Crippen LogP contribution is 2.24. The third-order valence-corrected chi connectivity index (χ3v) is 4.20. The van der Waals surface area contributed by atoms with Crippen LogP contribution in [0, 0.1) is 0 Å². The van der Waals surface area contributed by atoms with E-state index in [-0.39, 0.29) is 12.1 Å². The van der Waals surface area contributed by atoms with E-state index >= 15 is 0 Å². The molecule has 3 nitrogen and oxygen atoms in total. The standard InChI is InChI=1S/C16H20N2OS/c1-11(2)13-7-4-5-8-14(13)18-16(19)17-12(3)15-9-6-10-20-15/h4-12H,1-3H3,(H2,17,18,19). The van der Waals surface area contributed by atoms with Crippen LogP contribution >= 0.6 is 11.3 Å². The monoisotopic (exact) mass is 288 g/mol. The number of amides is 2. The molecule has 0 spiro atoms. The molecule has 0 radical (unpaired) electrons. The van der Waals surface area contributed by atoms with Gasteiger partial charge in [0.1, 0.15) is 0 Å². The van der Waals surface area contributed by atoms with Gasteiger partial charge in [-0.2, -0.15) is 0 Å². The number of benzene rings is 1. The molecular formula is C16H20N2OS. The highest BCUT2D eigenvalue weighted by Gasteiger charge is 2.12. The number of thiophene rings is 1. The first-order valence-corrected chi connectivity index (χ1v) is 7.65. The zero-order valence-electron chi connectivity index (χ0n) is 12.0. The molecule has 1 aromatic heterocycles. The minimum atomic E-state index is -0.168. The van der Waals surface area contributed by atoms with Crippen molar-refractivity contribution < 1.29 is 4.79 Å². The van der Waals surface area contributed by atoms with Gasteiger partial charge in [0.2, 0.25) is 0 Å². The smallest absolute Gasteiger partial charge is 0.319 e. The molecule has 0 bridgehead atoms. The van der Waals surface area contributed by atoms with Crippen molar-refractivity contribution in [2.24, 2.45) is 0 Å². The highest BCUT2D eigenvalue weighted by molar-refractivity contribution is 7.10. The average Bonchev–Trinajstić information content (AvgIpc) is 2.92. The van der Waals surface area contributed by atoms with E-state index < -0.39 is 0 Å². The molecule has 2 rings (SSSR count). The number of anilines is 1. The molecule has 2 aromatic rings. The number of nitrogens with one attached hydrogen (secondary N) is 2. The van der Waals surface area contributed by atoms with E-state index in [4.69, 9.17) is 0 Å². The first-order chi connectivity index (χ1) is 9.58. The number of para-hydroxylation sites is 1. The third kappa shape index (κ3) is 3.61. The Kier molecular flexibility index (Phi) is 4.79. The van der Waals surface area contributed by atoms with E-state index in [1.807, 2.05) is 48.7 Å². The molecule has 0 aliphatic heterocycles. The van der Waals surface area contributed by atoms with E-state index in [9.17, 15) is 4.79 Å². The van der Waals surface area contributed by atoms with Crippen LogP contribution in [0.15, 0.2) is 41.8 Å². The predicted molar refractivity (Wildman–Crippen MR) is 85.4 cm³/mol. The third-order valence-electron chi connectivity index (χ3n) is 3.15. The Bertz CT molecular complexity index is 564. The quantitative estimate of drug-likeness (QED) is 0.837. The molecule has 0 saturated carbocycles. The molecule has 0 aliphatic carbocycles. The van der Waals surface area contributed by atoms with Crippen LogP contribution in [0.2, 0.25) is 0 Å². The van der Waals surface area contributed by atoms with Gasteiger partial charge in [0.15, 0.2) is 0 Å². The summed E-state index contributed by atoms with van der Waals surface area (Å²) in [5.41, 5.74) is 2.02. The fourth-order valence-corrected chi connectivity index (χ4v) is 2.81. The zero-order chi connectivity index (χ0) is 14.5. The predicted octanol–water partition coefficient (Wildman–Crippen LogP) is 4.75. The second kappa shape index (κ2) is 6.57. The number of hydrogen-bond donors (Lipinski definition) is 2. The second-order valence-electron chi connectivity index (χ2n) is 5.08. The number of carbonyl (C=O) groups excluding carboxylic acids is 1. The van der Waals surface area contributed by atoms with Crippen LogP contribution in [-0.4, -0.2) is 6.03 Å². The molecule has 1 unspecified atom stereocenters. The summed E-state index contributed by atoms with van der Waals surface area (Å²) in [6.07, 6.45) is 0. The van der Waals surface area contributed by atoms with Gasteiger partial charge >= 0.3 is 6.03 Å². The molecular weight excluding hydrogens is 268 g/mol. The van der Waals surface area contributed by atoms with Crippen molar-refractivity contribution in [3.63, 3.8) is 0 Å². The van der Waals surface area contributed by atoms with Crippen molar-refractivity contribution in [2.75, 3.05) is 5.32 Å². The van der Waals surface area contributed by atoms with Crippen LogP contribution in [0.1, 0.15) is 43.2 Å². The molecule has 20 heavy (non-hydrogen) atoms. The topological polar surface area (TPSA) is 41.1 Å². The first kappa shape index (κ1) is 14.6. The number of carbonyl (C=O) groups is 1. The Morgan fingerprint density at radius 3 is 2.50 bits per heavy atom. The second-order valence-corrected chi connectivity index (χ2v) is 6.06. The van der Waals surface area contributed by atoms with E-state index in [2.05, 4.69) is 24.5 Å². The molecule has 2 amide bonds. The van der Waals surface area contributed by atoms with Crippen molar-refractivity contribution in [2.45, 2.75) is 32.7 Å². The lowest BCUT2D eigenvalue weighted by Crippen LogP contribution is -2.31. The maximum Gasteiger partial charge on any atom is 0.319 e. The summed E-state index contributed by atoms with van der Waals surface area (Å²) in [5, 5.41) is 7.91. The lowest BCUT2D eigenvalue weighted by Gasteiger charge is -2.16. The summed E-state index contributed by atoms with van der Waals surface area (Å²) < 4.78 is 0. The van der Waals surface area contributed by atoms with Gasteiger partial charge in [0.05, 0.1) is 6.04 Å². The lowest BCUT2D eigenvalue weighted by atomic mass is 10.0. The summed E-state index contributed by atoms with van der Waals surface area (Å²) >= 11 is 1.64. The molecule has 0 fully saturated rings. The van der Waals surface area contributed by atoms with Crippen molar-refractivity contribution in [1.29, 1.82) is 0 Å². The average molecular weight is 288 g/mol. The molecule has 2 N–H and O–H groups in total. The van der Waals surface area contributed by atoms with Gasteiger partial charge < -0.3 is 10.6 Å². The highest BCUT2D eigenvalue weighted by atomic mass is 32.1. The molecule has 4 heteroatoms. The van der Waals surface area contributed by atoms with Gasteiger partial charge in [0.25, 0.3) is 0 Å². The Balaban J connectivity index is 2.02. The largest absolute Gasteiger partial charge is 0.331 e. The van der Waals surface area contributed by atoms with Gasteiger partial charge in [-0.3, -0.25) is 0 Å². The van der Waals surface area contributed by atoms with Crippen LogP contribution in [-0.2, 0) is 0 Å². The normalized spacial score (nSPS) is 12.2. The fourth-order valence-electron chi connectivity index (χ4n) is 2.08. The van der Waals surface area contributed by atoms with Gasteiger partial charge in [-0.25, -0.2) is 4.79 Å². The van der Waals surface area contributed by atoms with Crippen LogP contribution in [0.3, 0.4) is 0 Å². The zero-order valence-corrected chi connectivity index (χ0v) is 12.8. The summed E-state index contributed by atoms with van der Waals surface area (Å²) in [7, 11) is 0. The minimum Gasteiger partial charge on any atom is -0.331 e. The molecule has 1 atom stereocenters. The Morgan fingerprint density at radius 1 is 1.10 bits per heavy atom. The van der Waals surface area contributed by atoms with Crippen LogP contribution in [0.25, 0.3) is 0 Å².